The lowest BCUT2D eigenvalue weighted by atomic mass is 9.83. The Morgan fingerprint density at radius 1 is 0.729 bits per heavy atom. The third-order valence-electron chi connectivity index (χ3n) is 10.2. The second-order valence-corrected chi connectivity index (χ2v) is 13.1. The van der Waals surface area contributed by atoms with Crippen molar-refractivity contribution in [3.63, 3.8) is 0 Å². The standard InChI is InChI=1S/C44H32N3O/c1-2-11-28(12-3-1)31-16-10-17-32(23-31)38-25-35(26-40-41(38)37-19-8-9-20-39(37)48-40)42-45-43(33-22-21-29-13-4-5-14-30(29)24-33)47-27-34-15-6-7-18-36(34)44(47)46-42/h1-20,22-25,29,35H,21,26-27H2/q+1. The summed E-state index contributed by atoms with van der Waals surface area (Å²) < 4.78 is 8.94. The van der Waals surface area contributed by atoms with Crippen LogP contribution in [-0.2, 0) is 13.0 Å². The fourth-order valence-corrected chi connectivity index (χ4v) is 7.85. The maximum atomic E-state index is 6.63. The number of fused-ring (bicyclic) bond motifs is 7. The molecule has 0 saturated carbocycles. The zero-order chi connectivity index (χ0) is 31.6. The van der Waals surface area contributed by atoms with Gasteiger partial charge in [-0.15, -0.1) is 0 Å². The molecule has 48 heavy (non-hydrogen) atoms. The molecule has 0 fully saturated rings. The van der Waals surface area contributed by atoms with Gasteiger partial charge in [-0.05, 0) is 58.5 Å². The van der Waals surface area contributed by atoms with Crippen molar-refractivity contribution in [2.45, 2.75) is 25.3 Å². The van der Waals surface area contributed by atoms with Gasteiger partial charge in [-0.25, -0.2) is 4.57 Å². The van der Waals surface area contributed by atoms with E-state index in [1.807, 2.05) is 6.07 Å². The summed E-state index contributed by atoms with van der Waals surface area (Å²) in [4.78, 5) is 10.8. The molecule has 0 N–H and O–H groups in total. The molecule has 2 atom stereocenters. The molecule has 6 aromatic rings. The molecule has 0 radical (unpaired) electrons. The van der Waals surface area contributed by atoms with E-state index >= 15 is 0 Å². The smallest absolute Gasteiger partial charge is 0.284 e. The van der Waals surface area contributed by atoms with Crippen LogP contribution in [-0.4, -0.2) is 9.97 Å². The highest BCUT2D eigenvalue weighted by Gasteiger charge is 2.37. The van der Waals surface area contributed by atoms with Gasteiger partial charge in [0.1, 0.15) is 11.3 Å². The highest BCUT2D eigenvalue weighted by molar-refractivity contribution is 5.98. The molecular formula is C44H32N3O+. The van der Waals surface area contributed by atoms with Crippen LogP contribution in [0.4, 0.5) is 0 Å². The van der Waals surface area contributed by atoms with Crippen molar-refractivity contribution in [3.05, 3.63) is 185 Å². The predicted molar refractivity (Wildman–Crippen MR) is 191 cm³/mol. The summed E-state index contributed by atoms with van der Waals surface area (Å²) in [5.74, 6) is 4.16. The minimum absolute atomic E-state index is 0.0621. The summed E-state index contributed by atoms with van der Waals surface area (Å²) in [6.07, 6.45) is 17.6. The fraction of sp³-hybridized carbons (Fsp3) is 0.114. The van der Waals surface area contributed by atoms with Crippen LogP contribution >= 0.6 is 0 Å². The molecule has 2 unspecified atom stereocenters. The molecule has 4 nitrogen and oxygen atoms in total. The number of hydrogen-bond donors (Lipinski definition) is 0. The Bertz CT molecular complexity index is 2440. The number of rotatable bonds is 4. The van der Waals surface area contributed by atoms with Crippen LogP contribution < -0.4 is 4.57 Å². The summed E-state index contributed by atoms with van der Waals surface area (Å²) in [5, 5.41) is 1.14. The molecule has 3 aliphatic carbocycles. The quantitative estimate of drug-likeness (QED) is 0.185. The molecule has 2 aromatic heterocycles. The first-order valence-corrected chi connectivity index (χ1v) is 16.8. The predicted octanol–water partition coefficient (Wildman–Crippen LogP) is 9.43. The lowest BCUT2D eigenvalue weighted by Gasteiger charge is -2.21. The van der Waals surface area contributed by atoms with E-state index in [0.29, 0.717) is 12.3 Å². The van der Waals surface area contributed by atoms with Gasteiger partial charge in [-0.2, -0.15) is 0 Å². The number of nitrogens with zero attached hydrogens (tertiary/aromatic N) is 3. The zero-order valence-corrected chi connectivity index (χ0v) is 26.4. The largest absolute Gasteiger partial charge is 0.460 e. The topological polar surface area (TPSA) is 42.8 Å². The highest BCUT2D eigenvalue weighted by Crippen LogP contribution is 2.44. The van der Waals surface area contributed by atoms with Gasteiger partial charge in [0, 0.05) is 34.4 Å². The van der Waals surface area contributed by atoms with Crippen LogP contribution in [0.2, 0.25) is 0 Å². The average Bonchev–Trinajstić information content (AvgIpc) is 3.73. The Kier molecular flexibility index (Phi) is 6.16. The number of allylic oxidation sites excluding steroid dienone is 9. The lowest BCUT2D eigenvalue weighted by molar-refractivity contribution is -0.680. The minimum Gasteiger partial charge on any atom is -0.460 e. The van der Waals surface area contributed by atoms with E-state index in [9.17, 15) is 0 Å². The summed E-state index contributed by atoms with van der Waals surface area (Å²) >= 11 is 0. The van der Waals surface area contributed by atoms with Gasteiger partial charge in [-0.1, -0.05) is 131 Å². The van der Waals surface area contributed by atoms with E-state index < -0.39 is 0 Å². The van der Waals surface area contributed by atoms with Crippen molar-refractivity contribution < 1.29 is 8.98 Å². The van der Waals surface area contributed by atoms with Gasteiger partial charge in [0.2, 0.25) is 0 Å². The van der Waals surface area contributed by atoms with Crippen molar-refractivity contribution in [1.29, 1.82) is 0 Å². The molecule has 0 bridgehead atoms. The van der Waals surface area contributed by atoms with Gasteiger partial charge in [-0.3, -0.25) is 0 Å². The Balaban J connectivity index is 1.16. The second-order valence-electron chi connectivity index (χ2n) is 13.1. The molecule has 0 amide bonds. The van der Waals surface area contributed by atoms with Gasteiger partial charge in [0.25, 0.3) is 17.5 Å². The maximum absolute atomic E-state index is 6.63. The summed E-state index contributed by atoms with van der Waals surface area (Å²) in [6, 6.07) is 36.5. The highest BCUT2D eigenvalue weighted by atomic mass is 16.3. The van der Waals surface area contributed by atoms with Crippen molar-refractivity contribution in [2.24, 2.45) is 5.92 Å². The Morgan fingerprint density at radius 3 is 2.50 bits per heavy atom. The van der Waals surface area contributed by atoms with Crippen molar-refractivity contribution in [2.75, 3.05) is 0 Å². The van der Waals surface area contributed by atoms with Crippen LogP contribution in [0.15, 0.2) is 156 Å². The zero-order valence-electron chi connectivity index (χ0n) is 26.4. The number of benzene rings is 4. The molecule has 4 aliphatic rings. The van der Waals surface area contributed by atoms with Crippen LogP contribution in [0.25, 0.3) is 44.6 Å². The van der Waals surface area contributed by atoms with E-state index in [-0.39, 0.29) is 5.92 Å². The lowest BCUT2D eigenvalue weighted by Crippen LogP contribution is -2.40. The van der Waals surface area contributed by atoms with E-state index in [0.717, 1.165) is 52.7 Å². The molecule has 0 spiro atoms. The molecule has 10 rings (SSSR count). The van der Waals surface area contributed by atoms with Gasteiger partial charge < -0.3 is 4.42 Å². The minimum atomic E-state index is -0.0621. The number of furan rings is 1. The first-order chi connectivity index (χ1) is 23.8. The van der Waals surface area contributed by atoms with E-state index in [2.05, 4.69) is 144 Å². The Labute approximate surface area is 279 Å². The monoisotopic (exact) mass is 618 g/mol. The van der Waals surface area contributed by atoms with Crippen molar-refractivity contribution >= 4 is 22.1 Å². The normalized spacial score (nSPS) is 18.8. The first-order valence-electron chi connectivity index (χ1n) is 16.8. The molecule has 228 valence electrons. The fourth-order valence-electron chi connectivity index (χ4n) is 7.85. The van der Waals surface area contributed by atoms with Gasteiger partial charge in [0.05, 0.1) is 18.0 Å². The van der Waals surface area contributed by atoms with E-state index in [1.54, 1.807) is 0 Å². The van der Waals surface area contributed by atoms with Gasteiger partial charge in [0.15, 0.2) is 0 Å². The molecule has 4 aromatic carbocycles. The molecule has 3 heterocycles. The SMILES string of the molecule is C1=CC2=CC(c3nc(C4C=C(c5cccc(-c6ccccc6)c5)c5c(oc6ccccc56)C4)nc4[n+]3Cc3ccccc3-4)=CCC2C=C1. The molecular weight excluding hydrogens is 587 g/mol. The van der Waals surface area contributed by atoms with E-state index in [1.165, 1.54) is 44.5 Å². The number of hydrogen-bond acceptors (Lipinski definition) is 3. The summed E-state index contributed by atoms with van der Waals surface area (Å²) in [5.41, 5.74) is 11.8. The van der Waals surface area contributed by atoms with E-state index in [4.69, 9.17) is 14.4 Å². The molecule has 0 saturated heterocycles. The first kappa shape index (κ1) is 27.3. The van der Waals surface area contributed by atoms with Crippen LogP contribution in [0.1, 0.15) is 46.4 Å². The van der Waals surface area contributed by atoms with Crippen LogP contribution in [0, 0.1) is 5.92 Å². The Morgan fingerprint density at radius 2 is 1.54 bits per heavy atom. The number of para-hydroxylation sites is 1. The number of aromatic nitrogens is 3. The summed E-state index contributed by atoms with van der Waals surface area (Å²) in [6.45, 7) is 0.770. The Hall–Kier alpha value is -5.87. The molecule has 1 aliphatic heterocycles. The van der Waals surface area contributed by atoms with Crippen LogP contribution in [0.5, 0.6) is 0 Å². The van der Waals surface area contributed by atoms with Crippen molar-refractivity contribution in [1.82, 2.24) is 9.97 Å². The van der Waals surface area contributed by atoms with Gasteiger partial charge >= 0.3 is 0 Å². The van der Waals surface area contributed by atoms with Crippen LogP contribution in [0.3, 0.4) is 0 Å². The maximum Gasteiger partial charge on any atom is 0.284 e. The average molecular weight is 619 g/mol. The summed E-state index contributed by atoms with van der Waals surface area (Å²) in [7, 11) is 0. The molecule has 4 heteroatoms. The second kappa shape index (κ2) is 10.9. The van der Waals surface area contributed by atoms with Crippen molar-refractivity contribution in [3.8, 4) is 22.5 Å². The third kappa shape index (κ3) is 4.40. The third-order valence-corrected chi connectivity index (χ3v) is 10.2.